The molecule has 0 radical (unpaired) electrons. The predicted molar refractivity (Wildman–Crippen MR) is 176 cm³/mol. The summed E-state index contributed by atoms with van der Waals surface area (Å²) in [6.07, 6.45) is 0.406. The number of carbonyl (C=O) groups excluding carboxylic acids is 2. The van der Waals surface area contributed by atoms with Gasteiger partial charge < -0.3 is 29.6 Å². The van der Waals surface area contributed by atoms with E-state index in [-0.39, 0.29) is 25.0 Å². The van der Waals surface area contributed by atoms with Crippen LogP contribution in [-0.2, 0) is 38.6 Å². The third-order valence-corrected chi connectivity index (χ3v) is 7.24. The van der Waals surface area contributed by atoms with Crippen LogP contribution in [0, 0.1) is 5.82 Å². The van der Waals surface area contributed by atoms with Crippen LogP contribution < -0.4 is 15.4 Å². The molecular formula is C37H47FN2O6. The Balaban J connectivity index is 1.59. The summed E-state index contributed by atoms with van der Waals surface area (Å²) in [7, 11) is 0. The number of alkyl carbamates (subject to hydrolysis) is 1. The quantitative estimate of drug-likeness (QED) is 0.212. The van der Waals surface area contributed by atoms with Gasteiger partial charge in [-0.1, -0.05) is 42.5 Å². The molecule has 1 saturated heterocycles. The molecule has 4 rings (SSSR count). The van der Waals surface area contributed by atoms with Gasteiger partial charge in [0, 0.05) is 35.9 Å². The van der Waals surface area contributed by atoms with Crippen molar-refractivity contribution in [1.29, 1.82) is 0 Å². The second-order valence-electron chi connectivity index (χ2n) is 13.7. The van der Waals surface area contributed by atoms with E-state index in [2.05, 4.69) is 10.6 Å². The number of rotatable bonds is 11. The third kappa shape index (κ3) is 10.6. The Kier molecular flexibility index (Phi) is 11.5. The highest BCUT2D eigenvalue weighted by atomic mass is 19.1. The largest absolute Gasteiger partial charge is 0.489 e. The summed E-state index contributed by atoms with van der Waals surface area (Å²) < 4.78 is 38.8. The van der Waals surface area contributed by atoms with Crippen LogP contribution in [0.15, 0.2) is 60.7 Å². The Labute approximate surface area is 272 Å². The van der Waals surface area contributed by atoms with Crippen molar-refractivity contribution in [2.75, 3.05) is 13.2 Å². The maximum Gasteiger partial charge on any atom is 0.408 e. The van der Waals surface area contributed by atoms with Crippen molar-refractivity contribution in [2.24, 2.45) is 0 Å². The number of ether oxygens (including phenoxy) is 4. The maximum atomic E-state index is 16.1. The third-order valence-electron chi connectivity index (χ3n) is 7.24. The summed E-state index contributed by atoms with van der Waals surface area (Å²) in [5, 5.41) is 6.28. The number of nitrogens with one attached hydrogen (secondary N) is 2. The Morgan fingerprint density at radius 1 is 0.957 bits per heavy atom. The van der Waals surface area contributed by atoms with Gasteiger partial charge in [0.05, 0.1) is 19.1 Å². The first kappa shape index (κ1) is 34.9. The molecule has 46 heavy (non-hydrogen) atoms. The van der Waals surface area contributed by atoms with Crippen LogP contribution in [0.3, 0.4) is 0 Å². The zero-order valence-corrected chi connectivity index (χ0v) is 28.0. The van der Waals surface area contributed by atoms with Crippen LogP contribution >= 0.6 is 0 Å². The van der Waals surface area contributed by atoms with Crippen molar-refractivity contribution >= 4 is 12.1 Å². The molecule has 3 aromatic rings. The highest BCUT2D eigenvalue weighted by Gasteiger charge is 2.22. The molecule has 1 heterocycles. The molecule has 0 aromatic heterocycles. The first-order valence-corrected chi connectivity index (χ1v) is 15.8. The average Bonchev–Trinajstić information content (AvgIpc) is 3.47. The molecule has 2 N–H and O–H groups in total. The Morgan fingerprint density at radius 3 is 2.37 bits per heavy atom. The topological polar surface area (TPSA) is 95.1 Å². The maximum absolute atomic E-state index is 16.1. The molecule has 1 amide bonds. The van der Waals surface area contributed by atoms with E-state index in [1.165, 1.54) is 0 Å². The lowest BCUT2D eigenvalue weighted by atomic mass is 9.96. The summed E-state index contributed by atoms with van der Waals surface area (Å²) in [4.78, 5) is 25.0. The van der Waals surface area contributed by atoms with Crippen LogP contribution in [-0.4, -0.2) is 42.5 Å². The van der Waals surface area contributed by atoms with E-state index in [4.69, 9.17) is 18.9 Å². The molecular weight excluding hydrogens is 587 g/mol. The number of benzene rings is 3. The lowest BCUT2D eigenvalue weighted by Gasteiger charge is -2.22. The molecule has 3 aromatic carbocycles. The Bertz CT molecular complexity index is 1500. The number of esters is 1. The van der Waals surface area contributed by atoms with Gasteiger partial charge in [-0.2, -0.15) is 0 Å². The minimum Gasteiger partial charge on any atom is -0.489 e. The fourth-order valence-corrected chi connectivity index (χ4v) is 5.22. The van der Waals surface area contributed by atoms with E-state index in [1.54, 1.807) is 45.9 Å². The molecule has 248 valence electrons. The lowest BCUT2D eigenvalue weighted by molar-refractivity contribution is -0.153. The zero-order valence-electron chi connectivity index (χ0n) is 28.0. The van der Waals surface area contributed by atoms with Crippen molar-refractivity contribution in [3.05, 3.63) is 88.7 Å². The average molecular weight is 635 g/mol. The van der Waals surface area contributed by atoms with Gasteiger partial charge in [-0.05, 0) is 89.8 Å². The van der Waals surface area contributed by atoms with Crippen molar-refractivity contribution in [2.45, 2.75) is 97.7 Å². The van der Waals surface area contributed by atoms with E-state index in [1.807, 2.05) is 63.2 Å². The SMILES string of the molecule is C[C@@H](NC(=O)OC(C)(C)C)c1cccc(-c2cc(CNC3CCOC3)cc(COc3ccccc3CC(=O)OC(C)(C)C)c2)c1F. The molecule has 0 saturated carbocycles. The first-order valence-electron chi connectivity index (χ1n) is 15.8. The van der Waals surface area contributed by atoms with Crippen LogP contribution in [0.2, 0.25) is 0 Å². The normalized spacial score (nSPS) is 15.7. The smallest absolute Gasteiger partial charge is 0.408 e. The van der Waals surface area contributed by atoms with E-state index in [0.29, 0.717) is 35.6 Å². The zero-order chi connectivity index (χ0) is 33.5. The molecule has 0 bridgehead atoms. The number of halogens is 1. The second-order valence-corrected chi connectivity index (χ2v) is 13.7. The van der Waals surface area contributed by atoms with Gasteiger partial charge in [-0.15, -0.1) is 0 Å². The molecule has 1 aliphatic heterocycles. The molecule has 1 fully saturated rings. The highest BCUT2D eigenvalue weighted by molar-refractivity contribution is 5.74. The molecule has 0 spiro atoms. The molecule has 1 unspecified atom stereocenters. The number of para-hydroxylation sites is 1. The van der Waals surface area contributed by atoms with Gasteiger partial charge in [-0.25, -0.2) is 9.18 Å². The van der Waals surface area contributed by atoms with E-state index >= 15 is 4.39 Å². The molecule has 8 nitrogen and oxygen atoms in total. The van der Waals surface area contributed by atoms with Gasteiger partial charge in [-0.3, -0.25) is 4.79 Å². The van der Waals surface area contributed by atoms with Gasteiger partial charge in [0.2, 0.25) is 0 Å². The summed E-state index contributed by atoms with van der Waals surface area (Å²) >= 11 is 0. The van der Waals surface area contributed by atoms with E-state index in [9.17, 15) is 9.59 Å². The van der Waals surface area contributed by atoms with Gasteiger partial charge >= 0.3 is 12.1 Å². The summed E-state index contributed by atoms with van der Waals surface area (Å²) in [6, 6.07) is 18.1. The Morgan fingerprint density at radius 2 is 1.67 bits per heavy atom. The van der Waals surface area contributed by atoms with Gasteiger partial charge in [0.25, 0.3) is 0 Å². The number of amides is 1. The number of carbonyl (C=O) groups is 2. The molecule has 1 aliphatic rings. The molecule has 9 heteroatoms. The van der Waals surface area contributed by atoms with Crippen LogP contribution in [0.5, 0.6) is 5.75 Å². The number of hydrogen-bond donors (Lipinski definition) is 2. The monoisotopic (exact) mass is 634 g/mol. The van der Waals surface area contributed by atoms with Crippen LogP contribution in [0.1, 0.15) is 83.2 Å². The van der Waals surface area contributed by atoms with E-state index in [0.717, 1.165) is 29.7 Å². The minimum absolute atomic E-state index is 0.0830. The predicted octanol–water partition coefficient (Wildman–Crippen LogP) is 7.42. The first-order chi connectivity index (χ1) is 21.7. The highest BCUT2D eigenvalue weighted by Crippen LogP contribution is 2.31. The van der Waals surface area contributed by atoms with Crippen molar-refractivity contribution in [3.63, 3.8) is 0 Å². The van der Waals surface area contributed by atoms with E-state index < -0.39 is 29.2 Å². The molecule has 0 aliphatic carbocycles. The van der Waals surface area contributed by atoms with Crippen LogP contribution in [0.25, 0.3) is 11.1 Å². The lowest BCUT2D eigenvalue weighted by Crippen LogP contribution is -2.34. The molecule has 2 atom stereocenters. The fraction of sp³-hybridized carbons (Fsp3) is 0.459. The summed E-state index contributed by atoms with van der Waals surface area (Å²) in [5.41, 5.74) is 2.73. The fourth-order valence-electron chi connectivity index (χ4n) is 5.22. The van der Waals surface area contributed by atoms with Crippen molar-refractivity contribution in [3.8, 4) is 16.9 Å². The van der Waals surface area contributed by atoms with Crippen molar-refractivity contribution < 1.29 is 32.9 Å². The van der Waals surface area contributed by atoms with Gasteiger partial charge in [0.15, 0.2) is 0 Å². The second kappa shape index (κ2) is 15.1. The van der Waals surface area contributed by atoms with Gasteiger partial charge in [0.1, 0.15) is 29.4 Å². The summed E-state index contributed by atoms with van der Waals surface area (Å²) in [5.74, 6) is -0.174. The van der Waals surface area contributed by atoms with Crippen LogP contribution in [0.4, 0.5) is 9.18 Å². The number of hydrogen-bond acceptors (Lipinski definition) is 7. The Hall–Kier alpha value is -3.95. The standard InChI is InChI=1S/C37H47FN2O6/c1-24(40-35(42)46-37(5,6)7)30-12-10-13-31(34(30)38)28-18-25(21-39-29-15-16-43-23-29)17-26(19-28)22-44-32-14-9-8-11-27(32)20-33(41)45-36(2,3)4/h8-14,17-19,24,29,39H,15-16,20-23H2,1-7H3,(H,40,42)/t24-,29?/m1/s1. The summed E-state index contributed by atoms with van der Waals surface area (Å²) in [6.45, 7) is 14.7. The van der Waals surface area contributed by atoms with Crippen molar-refractivity contribution in [1.82, 2.24) is 10.6 Å². The minimum atomic E-state index is -0.669.